The Morgan fingerprint density at radius 1 is 1.19 bits per heavy atom. The number of aryl methyl sites for hydroxylation is 1. The van der Waals surface area contributed by atoms with Crippen LogP contribution < -0.4 is 10.5 Å². The highest BCUT2D eigenvalue weighted by Crippen LogP contribution is 2.12. The van der Waals surface area contributed by atoms with Gasteiger partial charge in [0.2, 0.25) is 11.7 Å². The Hall–Kier alpha value is -1.09. The number of hydrogen-bond donors (Lipinski definition) is 5. The van der Waals surface area contributed by atoms with Gasteiger partial charge in [-0.1, -0.05) is 13.3 Å². The van der Waals surface area contributed by atoms with Crippen molar-refractivity contribution >= 4 is 20.5 Å². The Morgan fingerprint density at radius 2 is 1.62 bits per heavy atom. The summed E-state index contributed by atoms with van der Waals surface area (Å²) in [4.78, 5) is 0. The molecule has 126 valence electrons. The molecule has 0 bridgehead atoms. The van der Waals surface area contributed by atoms with Crippen molar-refractivity contribution in [2.75, 3.05) is 0 Å². The van der Waals surface area contributed by atoms with Gasteiger partial charge in [-0.15, -0.1) is 0 Å². The van der Waals surface area contributed by atoms with Crippen molar-refractivity contribution in [3.8, 4) is 0 Å². The van der Waals surface area contributed by atoms with Crippen molar-refractivity contribution in [1.29, 1.82) is 0 Å². The molecule has 0 aliphatic rings. The minimum atomic E-state index is -4.67. The van der Waals surface area contributed by atoms with Gasteiger partial charge < -0.3 is 5.21 Å². The SMILES string of the molecule is CCCC([n+]1ccn(C)c1)S(=O)(=O)O.NO.O=S(=O)(O)O. The van der Waals surface area contributed by atoms with Crippen LogP contribution in [0.25, 0.3) is 0 Å². The first-order valence-corrected chi connectivity index (χ1v) is 8.30. The second-order valence-electron chi connectivity index (χ2n) is 3.73. The highest BCUT2D eigenvalue weighted by molar-refractivity contribution is 7.85. The van der Waals surface area contributed by atoms with E-state index in [1.165, 1.54) is 4.57 Å². The van der Waals surface area contributed by atoms with E-state index in [4.69, 9.17) is 27.3 Å². The second kappa shape index (κ2) is 9.78. The lowest BCUT2D eigenvalue weighted by molar-refractivity contribution is -0.702. The molecular weight excluding hydrogens is 330 g/mol. The zero-order valence-corrected chi connectivity index (χ0v) is 13.1. The van der Waals surface area contributed by atoms with Crippen molar-refractivity contribution in [3.63, 3.8) is 0 Å². The predicted octanol–water partition coefficient (Wildman–Crippen LogP) is -0.819. The quantitative estimate of drug-likeness (QED) is 0.263. The van der Waals surface area contributed by atoms with Crippen LogP contribution in [0.15, 0.2) is 18.7 Å². The van der Waals surface area contributed by atoms with E-state index < -0.39 is 25.9 Å². The van der Waals surface area contributed by atoms with Crippen molar-refractivity contribution in [1.82, 2.24) is 4.57 Å². The largest absolute Gasteiger partial charge is 0.394 e. The topological polar surface area (TPSA) is 184 Å². The zero-order chi connectivity index (χ0) is 17.3. The lowest BCUT2D eigenvalue weighted by Crippen LogP contribution is -2.42. The molecule has 0 saturated carbocycles. The minimum Gasteiger partial charge on any atom is -0.320 e. The third-order valence-electron chi connectivity index (χ3n) is 2.00. The van der Waals surface area contributed by atoms with Crippen molar-refractivity contribution < 1.29 is 40.3 Å². The van der Waals surface area contributed by atoms with E-state index in [0.717, 1.165) is 0 Å². The van der Waals surface area contributed by atoms with Gasteiger partial charge in [-0.05, 0) is 0 Å². The van der Waals surface area contributed by atoms with Crippen LogP contribution >= 0.6 is 0 Å². The molecule has 0 saturated heterocycles. The van der Waals surface area contributed by atoms with Crippen molar-refractivity contribution in [2.45, 2.75) is 25.1 Å². The molecule has 0 aromatic carbocycles. The fourth-order valence-electron chi connectivity index (χ4n) is 1.34. The van der Waals surface area contributed by atoms with Crippen LogP contribution in [0.4, 0.5) is 0 Å². The summed E-state index contributed by atoms with van der Waals surface area (Å²) in [6.45, 7) is 1.88. The van der Waals surface area contributed by atoms with E-state index in [1.54, 1.807) is 30.3 Å². The number of nitrogens with two attached hydrogens (primary N) is 1. The van der Waals surface area contributed by atoms with Gasteiger partial charge in [0, 0.05) is 6.42 Å². The first kappa shape index (κ1) is 22.2. The maximum absolute atomic E-state index is 11.1. The summed E-state index contributed by atoms with van der Waals surface area (Å²) >= 11 is 0. The molecule has 1 heterocycles. The standard InChI is InChI=1S/C8H14N2O3S.H3NO.H2O4S/c1-3-4-8(14(11,12)13)10-6-5-9(2)7-10;1-2;1-5(2,3)4/h5-8H,3-4H2,1-2H3;2H,1H2;(H2,1,2,3,4)/p+1. The molecule has 1 rings (SSSR count). The van der Waals surface area contributed by atoms with Crippen LogP contribution in [0.1, 0.15) is 25.1 Å². The third kappa shape index (κ3) is 12.4. The van der Waals surface area contributed by atoms with Crippen LogP contribution in [0.5, 0.6) is 0 Å². The molecule has 1 aromatic heterocycles. The van der Waals surface area contributed by atoms with E-state index in [-0.39, 0.29) is 0 Å². The van der Waals surface area contributed by atoms with Gasteiger partial charge in [-0.25, -0.2) is 15.0 Å². The number of aromatic nitrogens is 2. The molecule has 1 atom stereocenters. The summed E-state index contributed by atoms with van der Waals surface area (Å²) in [6, 6.07) is 0. The maximum atomic E-state index is 11.1. The monoisotopic (exact) mass is 350 g/mol. The highest BCUT2D eigenvalue weighted by Gasteiger charge is 2.28. The zero-order valence-electron chi connectivity index (χ0n) is 11.4. The molecule has 6 N–H and O–H groups in total. The first-order chi connectivity index (χ1) is 9.45. The molecule has 1 aromatic rings. The molecular formula is C8H20N3O8S2+. The smallest absolute Gasteiger partial charge is 0.320 e. The van der Waals surface area contributed by atoms with E-state index >= 15 is 0 Å². The molecule has 11 nitrogen and oxygen atoms in total. The lowest BCUT2D eigenvalue weighted by atomic mass is 10.3. The summed E-state index contributed by atoms with van der Waals surface area (Å²) < 4.78 is 65.9. The summed E-state index contributed by atoms with van der Waals surface area (Å²) in [7, 11) is -6.89. The van der Waals surface area contributed by atoms with Crippen LogP contribution in [0.3, 0.4) is 0 Å². The summed E-state index contributed by atoms with van der Waals surface area (Å²) in [5.41, 5.74) is 0. The minimum absolute atomic E-state index is 0.410. The van der Waals surface area contributed by atoms with E-state index in [0.29, 0.717) is 12.8 Å². The van der Waals surface area contributed by atoms with Gasteiger partial charge in [0.25, 0.3) is 0 Å². The highest BCUT2D eigenvalue weighted by atomic mass is 32.3. The van der Waals surface area contributed by atoms with E-state index in [9.17, 15) is 8.42 Å². The first-order valence-electron chi connectivity index (χ1n) is 5.40. The van der Waals surface area contributed by atoms with Gasteiger partial charge in [-0.3, -0.25) is 13.7 Å². The fourth-order valence-corrected chi connectivity index (χ4v) is 2.30. The van der Waals surface area contributed by atoms with E-state index in [2.05, 4.69) is 5.90 Å². The third-order valence-corrected chi connectivity index (χ3v) is 3.17. The molecule has 21 heavy (non-hydrogen) atoms. The molecule has 0 fully saturated rings. The van der Waals surface area contributed by atoms with E-state index in [1.807, 2.05) is 6.92 Å². The number of nitrogens with zero attached hydrogens (tertiary/aromatic N) is 2. The summed E-state index contributed by atoms with van der Waals surface area (Å²) in [5.74, 6) is 3.50. The maximum Gasteiger partial charge on any atom is 0.394 e. The van der Waals surface area contributed by atoms with Crippen molar-refractivity contribution in [2.24, 2.45) is 12.9 Å². The second-order valence-corrected chi connectivity index (χ2v) is 6.20. The molecule has 0 aliphatic carbocycles. The Balaban J connectivity index is 0. The molecule has 0 amide bonds. The number of hydrogen-bond acceptors (Lipinski definition) is 6. The van der Waals surface area contributed by atoms with Gasteiger partial charge in [0.1, 0.15) is 12.4 Å². The van der Waals surface area contributed by atoms with Crippen LogP contribution in [0.2, 0.25) is 0 Å². The molecule has 0 aliphatic heterocycles. The Morgan fingerprint density at radius 3 is 1.86 bits per heavy atom. The van der Waals surface area contributed by atoms with Gasteiger partial charge in [0.05, 0.1) is 7.05 Å². The molecule has 13 heteroatoms. The predicted molar refractivity (Wildman–Crippen MR) is 71.3 cm³/mol. The van der Waals surface area contributed by atoms with Gasteiger partial charge in [0.15, 0.2) is 0 Å². The van der Waals surface area contributed by atoms with Crippen LogP contribution in [-0.2, 0) is 27.6 Å². The molecule has 1 unspecified atom stereocenters. The van der Waals surface area contributed by atoms with Gasteiger partial charge >= 0.3 is 20.5 Å². The Bertz CT molecular complexity index is 587. The normalized spacial score (nSPS) is 12.5. The average molecular weight is 350 g/mol. The fraction of sp³-hybridized carbons (Fsp3) is 0.625. The molecule has 0 spiro atoms. The van der Waals surface area contributed by atoms with Crippen LogP contribution in [-0.4, -0.2) is 40.3 Å². The number of imidazole rings is 1. The van der Waals surface area contributed by atoms with Crippen molar-refractivity contribution in [3.05, 3.63) is 18.7 Å². The Kier molecular flexibility index (Phi) is 10.3. The van der Waals surface area contributed by atoms with Crippen LogP contribution in [0, 0.1) is 0 Å². The van der Waals surface area contributed by atoms with Gasteiger partial charge in [-0.2, -0.15) is 16.8 Å². The number of rotatable bonds is 4. The molecule has 0 radical (unpaired) electrons. The summed E-state index contributed by atoms with van der Waals surface area (Å²) in [5, 5.41) is 5.63. The summed E-state index contributed by atoms with van der Waals surface area (Å²) in [6.07, 6.45) is 6.11. The Labute approximate surface area is 122 Å². The lowest BCUT2D eigenvalue weighted by Gasteiger charge is -2.08. The average Bonchev–Trinajstić information content (AvgIpc) is 2.71.